The Balaban J connectivity index is 2.04. The first-order valence-corrected chi connectivity index (χ1v) is 5.30. The van der Waals surface area contributed by atoms with Gasteiger partial charge in [-0.1, -0.05) is 0 Å². The molecule has 0 saturated carbocycles. The van der Waals surface area contributed by atoms with Crippen LogP contribution in [-0.4, -0.2) is 41.8 Å². The summed E-state index contributed by atoms with van der Waals surface area (Å²) in [5.74, 6) is 0.918. The van der Waals surface area contributed by atoms with Crippen molar-refractivity contribution in [2.75, 3.05) is 24.6 Å². The number of hydrogen-bond donors (Lipinski definition) is 2. The number of aryl methyl sites for hydroxylation is 1. The minimum atomic E-state index is 0.0591. The maximum atomic E-state index is 5.83. The van der Waals surface area contributed by atoms with E-state index in [9.17, 15) is 0 Å². The molecule has 0 spiro atoms. The summed E-state index contributed by atoms with van der Waals surface area (Å²) < 4.78 is 5.59. The molecule has 1 aliphatic rings. The van der Waals surface area contributed by atoms with E-state index in [-0.39, 0.29) is 12.1 Å². The minimum absolute atomic E-state index is 0.0591. The lowest BCUT2D eigenvalue weighted by Crippen LogP contribution is -2.50. The molecule has 2 unspecified atom stereocenters. The van der Waals surface area contributed by atoms with Gasteiger partial charge in [-0.05, 0) is 13.8 Å². The molecule has 1 aromatic heterocycles. The second-order valence-electron chi connectivity index (χ2n) is 4.10. The zero-order chi connectivity index (χ0) is 10.8. The lowest BCUT2D eigenvalue weighted by Gasteiger charge is -2.34. The molecule has 0 bridgehead atoms. The second kappa shape index (κ2) is 4.20. The molecule has 0 aromatic carbocycles. The first kappa shape index (κ1) is 10.4. The van der Waals surface area contributed by atoms with Gasteiger partial charge in [0.15, 0.2) is 0 Å². The molecule has 2 heterocycles. The number of aromatic nitrogens is 2. The minimum Gasteiger partial charge on any atom is -0.373 e. The largest absolute Gasteiger partial charge is 0.373 e. The predicted octanol–water partition coefficient (Wildman–Crippen LogP) is 0.271. The summed E-state index contributed by atoms with van der Waals surface area (Å²) in [4.78, 5) is 9.72. The summed E-state index contributed by atoms with van der Waals surface area (Å²) in [6, 6.07) is 0.0591. The van der Waals surface area contributed by atoms with E-state index in [1.165, 1.54) is 0 Å². The summed E-state index contributed by atoms with van der Waals surface area (Å²) in [5.41, 5.74) is 6.91. The van der Waals surface area contributed by atoms with Crippen LogP contribution in [0.1, 0.15) is 12.6 Å². The van der Waals surface area contributed by atoms with Gasteiger partial charge in [0.1, 0.15) is 0 Å². The molecule has 1 aromatic rings. The van der Waals surface area contributed by atoms with E-state index in [2.05, 4.69) is 14.9 Å². The van der Waals surface area contributed by atoms with E-state index in [1.807, 2.05) is 20.0 Å². The Bertz CT molecular complexity index is 323. The smallest absolute Gasteiger partial charge is 0.203 e. The van der Waals surface area contributed by atoms with E-state index < -0.39 is 0 Å². The van der Waals surface area contributed by atoms with E-state index >= 15 is 0 Å². The lowest BCUT2D eigenvalue weighted by molar-refractivity contribution is 0.0271. The molecule has 0 amide bonds. The van der Waals surface area contributed by atoms with Crippen LogP contribution in [0.4, 0.5) is 5.95 Å². The number of nitrogens with two attached hydrogens (primary N) is 1. The topological polar surface area (TPSA) is 67.2 Å². The number of rotatable bonds is 2. The van der Waals surface area contributed by atoms with Crippen LogP contribution in [-0.2, 0) is 4.74 Å². The van der Waals surface area contributed by atoms with Gasteiger partial charge in [-0.15, -0.1) is 0 Å². The summed E-state index contributed by atoms with van der Waals surface area (Å²) in [6.07, 6.45) is 1.94. The number of anilines is 1. The molecular formula is C10H18N4O. The fourth-order valence-corrected chi connectivity index (χ4v) is 1.75. The van der Waals surface area contributed by atoms with Crippen molar-refractivity contribution >= 4 is 5.95 Å². The third kappa shape index (κ3) is 2.30. The molecule has 3 N–H and O–H groups in total. The van der Waals surface area contributed by atoms with Gasteiger partial charge >= 0.3 is 0 Å². The molecule has 1 aliphatic heterocycles. The SMILES string of the molecule is Cc1cnc(N2CCOC(C(C)N)C2)[nH]1. The average Bonchev–Trinajstić information content (AvgIpc) is 2.65. The third-order valence-corrected chi connectivity index (χ3v) is 2.67. The number of aromatic amines is 1. The van der Waals surface area contributed by atoms with E-state index in [0.717, 1.165) is 24.7 Å². The molecule has 5 heteroatoms. The maximum absolute atomic E-state index is 5.83. The Morgan fingerprint density at radius 3 is 3.13 bits per heavy atom. The van der Waals surface area contributed by atoms with Crippen LogP contribution in [0.3, 0.4) is 0 Å². The monoisotopic (exact) mass is 210 g/mol. The summed E-state index contributed by atoms with van der Waals surface area (Å²) in [6.45, 7) is 6.37. The summed E-state index contributed by atoms with van der Waals surface area (Å²) in [5, 5.41) is 0. The van der Waals surface area contributed by atoms with Gasteiger partial charge in [-0.3, -0.25) is 0 Å². The van der Waals surface area contributed by atoms with Gasteiger partial charge in [-0.25, -0.2) is 4.98 Å². The maximum Gasteiger partial charge on any atom is 0.203 e. The number of imidazole rings is 1. The van der Waals surface area contributed by atoms with Crippen molar-refractivity contribution in [3.8, 4) is 0 Å². The molecule has 84 valence electrons. The van der Waals surface area contributed by atoms with Gasteiger partial charge < -0.3 is 20.4 Å². The fraction of sp³-hybridized carbons (Fsp3) is 0.700. The molecule has 2 rings (SSSR count). The average molecular weight is 210 g/mol. The highest BCUT2D eigenvalue weighted by Gasteiger charge is 2.24. The summed E-state index contributed by atoms with van der Waals surface area (Å²) >= 11 is 0. The van der Waals surface area contributed by atoms with E-state index in [4.69, 9.17) is 10.5 Å². The van der Waals surface area contributed by atoms with Crippen molar-refractivity contribution in [2.45, 2.75) is 26.0 Å². The first-order chi connectivity index (χ1) is 7.16. The molecule has 15 heavy (non-hydrogen) atoms. The highest BCUT2D eigenvalue weighted by molar-refractivity contribution is 5.32. The van der Waals surface area contributed by atoms with E-state index in [1.54, 1.807) is 0 Å². The van der Waals surface area contributed by atoms with Gasteiger partial charge in [-0.2, -0.15) is 0 Å². The number of nitrogens with one attached hydrogen (secondary N) is 1. The fourth-order valence-electron chi connectivity index (χ4n) is 1.75. The zero-order valence-corrected chi connectivity index (χ0v) is 9.23. The van der Waals surface area contributed by atoms with E-state index in [0.29, 0.717) is 6.61 Å². The zero-order valence-electron chi connectivity index (χ0n) is 9.23. The highest BCUT2D eigenvalue weighted by atomic mass is 16.5. The van der Waals surface area contributed by atoms with Crippen molar-refractivity contribution in [1.29, 1.82) is 0 Å². The van der Waals surface area contributed by atoms with Crippen LogP contribution >= 0.6 is 0 Å². The van der Waals surface area contributed by atoms with Crippen molar-refractivity contribution in [2.24, 2.45) is 5.73 Å². The molecular weight excluding hydrogens is 192 g/mol. The first-order valence-electron chi connectivity index (χ1n) is 5.30. The molecule has 0 radical (unpaired) electrons. The molecule has 5 nitrogen and oxygen atoms in total. The quantitative estimate of drug-likeness (QED) is 0.735. The Morgan fingerprint density at radius 1 is 1.73 bits per heavy atom. The van der Waals surface area contributed by atoms with Crippen LogP contribution in [0.25, 0.3) is 0 Å². The lowest BCUT2D eigenvalue weighted by atomic mass is 10.1. The normalized spacial score (nSPS) is 24.2. The second-order valence-corrected chi connectivity index (χ2v) is 4.10. The van der Waals surface area contributed by atoms with Crippen molar-refractivity contribution < 1.29 is 4.74 Å². The van der Waals surface area contributed by atoms with Crippen LogP contribution < -0.4 is 10.6 Å². The highest BCUT2D eigenvalue weighted by Crippen LogP contribution is 2.14. The standard InChI is InChI=1S/C10H18N4O/c1-7-5-12-10(13-7)14-3-4-15-9(6-14)8(2)11/h5,8-9H,3-4,6,11H2,1-2H3,(H,12,13). The van der Waals surface area contributed by atoms with Crippen molar-refractivity contribution in [3.63, 3.8) is 0 Å². The van der Waals surface area contributed by atoms with Crippen LogP contribution in [0, 0.1) is 6.92 Å². The molecule has 2 atom stereocenters. The summed E-state index contributed by atoms with van der Waals surface area (Å²) in [7, 11) is 0. The van der Waals surface area contributed by atoms with Gasteiger partial charge in [0, 0.05) is 31.0 Å². The Kier molecular flexibility index (Phi) is 2.93. The molecule has 0 aliphatic carbocycles. The van der Waals surface area contributed by atoms with Crippen molar-refractivity contribution in [1.82, 2.24) is 9.97 Å². The number of hydrogen-bond acceptors (Lipinski definition) is 4. The predicted molar refractivity (Wildman–Crippen MR) is 58.9 cm³/mol. The Morgan fingerprint density at radius 2 is 2.53 bits per heavy atom. The number of morpholine rings is 1. The van der Waals surface area contributed by atoms with Crippen molar-refractivity contribution in [3.05, 3.63) is 11.9 Å². The number of H-pyrrole nitrogens is 1. The van der Waals surface area contributed by atoms with Crippen LogP contribution in [0.5, 0.6) is 0 Å². The molecule has 1 saturated heterocycles. The van der Waals surface area contributed by atoms with Crippen LogP contribution in [0.15, 0.2) is 6.20 Å². The number of ether oxygens (including phenoxy) is 1. The molecule has 1 fully saturated rings. The van der Waals surface area contributed by atoms with Gasteiger partial charge in [0.2, 0.25) is 5.95 Å². The van der Waals surface area contributed by atoms with Gasteiger partial charge in [0.05, 0.1) is 12.7 Å². The Hall–Kier alpha value is -1.07. The van der Waals surface area contributed by atoms with Crippen LogP contribution in [0.2, 0.25) is 0 Å². The Labute approximate surface area is 89.6 Å². The number of nitrogens with zero attached hydrogens (tertiary/aromatic N) is 2. The third-order valence-electron chi connectivity index (χ3n) is 2.67. The van der Waals surface area contributed by atoms with Gasteiger partial charge in [0.25, 0.3) is 0 Å².